The number of amides is 1. The molecule has 1 fully saturated rings. The molecule has 150 valence electrons. The van der Waals surface area contributed by atoms with Gasteiger partial charge in [-0.3, -0.25) is 9.69 Å². The van der Waals surface area contributed by atoms with Crippen LogP contribution in [0.1, 0.15) is 12.5 Å². The summed E-state index contributed by atoms with van der Waals surface area (Å²) in [5, 5.41) is 3.45. The van der Waals surface area contributed by atoms with Crippen LogP contribution >= 0.6 is 11.6 Å². The average Bonchev–Trinajstić information content (AvgIpc) is 2.69. The van der Waals surface area contributed by atoms with E-state index in [0.29, 0.717) is 42.7 Å². The lowest BCUT2D eigenvalue weighted by Crippen LogP contribution is -2.53. The Morgan fingerprint density at radius 2 is 1.75 bits per heavy atom. The van der Waals surface area contributed by atoms with Crippen LogP contribution in [0, 0.1) is 0 Å². The number of carbonyl (C=O) groups excluding carboxylic acids is 1. The van der Waals surface area contributed by atoms with E-state index in [4.69, 9.17) is 11.6 Å². The molecule has 1 aliphatic rings. The van der Waals surface area contributed by atoms with Gasteiger partial charge in [-0.25, -0.2) is 4.98 Å². The van der Waals surface area contributed by atoms with Gasteiger partial charge in [0, 0.05) is 43.1 Å². The second-order valence-corrected chi connectivity index (χ2v) is 7.03. The number of rotatable bonds is 4. The molecule has 0 aliphatic carbocycles. The number of carbonyl (C=O) groups is 1. The van der Waals surface area contributed by atoms with Crippen molar-refractivity contribution >= 4 is 29.0 Å². The largest absolute Gasteiger partial charge is 0.417 e. The van der Waals surface area contributed by atoms with E-state index in [2.05, 4.69) is 10.3 Å². The van der Waals surface area contributed by atoms with Crippen LogP contribution in [0.3, 0.4) is 0 Å². The zero-order chi connectivity index (χ0) is 20.3. The van der Waals surface area contributed by atoms with Crippen LogP contribution in [0.15, 0.2) is 42.6 Å². The quantitative estimate of drug-likeness (QED) is 0.827. The van der Waals surface area contributed by atoms with Gasteiger partial charge in [-0.15, -0.1) is 0 Å². The summed E-state index contributed by atoms with van der Waals surface area (Å²) in [5.74, 6) is 0.384. The molecule has 1 N–H and O–H groups in total. The minimum absolute atomic E-state index is 0.122. The topological polar surface area (TPSA) is 48.5 Å². The Bertz CT molecular complexity index is 803. The molecule has 1 amide bonds. The van der Waals surface area contributed by atoms with Gasteiger partial charge >= 0.3 is 6.18 Å². The molecular formula is C19H20ClF3N4O. The average molecular weight is 413 g/mol. The first-order chi connectivity index (χ1) is 13.2. The summed E-state index contributed by atoms with van der Waals surface area (Å²) in [5.41, 5.74) is -0.0868. The fourth-order valence-corrected chi connectivity index (χ4v) is 3.15. The van der Waals surface area contributed by atoms with Crippen molar-refractivity contribution in [3.8, 4) is 0 Å². The van der Waals surface area contributed by atoms with Gasteiger partial charge in [0.1, 0.15) is 5.82 Å². The first kappa shape index (κ1) is 20.4. The van der Waals surface area contributed by atoms with Crippen molar-refractivity contribution in [2.75, 3.05) is 36.4 Å². The number of pyridine rings is 1. The predicted molar refractivity (Wildman–Crippen MR) is 103 cm³/mol. The number of alkyl halides is 3. The summed E-state index contributed by atoms with van der Waals surface area (Å²) < 4.78 is 37.9. The molecule has 2 heterocycles. The molecule has 3 rings (SSSR count). The Hall–Kier alpha value is -2.32. The summed E-state index contributed by atoms with van der Waals surface area (Å²) in [6, 6.07) is 8.97. The molecule has 1 aliphatic heterocycles. The highest BCUT2D eigenvalue weighted by Gasteiger charge is 2.31. The summed E-state index contributed by atoms with van der Waals surface area (Å²) in [6.45, 7) is 4.21. The number of hydrogen-bond acceptors (Lipinski definition) is 4. The van der Waals surface area contributed by atoms with Crippen molar-refractivity contribution in [2.24, 2.45) is 0 Å². The lowest BCUT2D eigenvalue weighted by atomic mass is 10.2. The Morgan fingerprint density at radius 3 is 2.29 bits per heavy atom. The molecule has 0 unspecified atom stereocenters. The predicted octanol–water partition coefficient (Wildman–Crippen LogP) is 3.90. The first-order valence-electron chi connectivity index (χ1n) is 8.83. The number of anilines is 2. The number of nitrogens with zero attached hydrogens (tertiary/aromatic N) is 3. The van der Waals surface area contributed by atoms with E-state index in [1.54, 1.807) is 24.3 Å². The molecular weight excluding hydrogens is 393 g/mol. The Balaban J connectivity index is 1.54. The first-order valence-corrected chi connectivity index (χ1v) is 9.20. The van der Waals surface area contributed by atoms with Gasteiger partial charge in [0.15, 0.2) is 0 Å². The van der Waals surface area contributed by atoms with Gasteiger partial charge in [-0.2, -0.15) is 13.2 Å². The molecule has 1 aromatic carbocycles. The second-order valence-electron chi connectivity index (χ2n) is 6.60. The minimum atomic E-state index is -4.39. The number of piperazine rings is 1. The summed E-state index contributed by atoms with van der Waals surface area (Å²) >= 11 is 5.84. The van der Waals surface area contributed by atoms with Crippen LogP contribution in [0.2, 0.25) is 5.02 Å². The SMILES string of the molecule is C[C@@H](C(=O)Nc1ccc(Cl)cc1)N1CCN(c2ccc(C(F)(F)F)cn2)CC1. The van der Waals surface area contributed by atoms with Gasteiger partial charge in [0.05, 0.1) is 11.6 Å². The number of halogens is 4. The maximum Gasteiger partial charge on any atom is 0.417 e. The van der Waals surface area contributed by atoms with Crippen LogP contribution in [0.25, 0.3) is 0 Å². The molecule has 28 heavy (non-hydrogen) atoms. The lowest BCUT2D eigenvalue weighted by Gasteiger charge is -2.38. The molecule has 0 radical (unpaired) electrons. The normalized spacial score (nSPS) is 16.7. The van der Waals surface area contributed by atoms with E-state index in [9.17, 15) is 18.0 Å². The molecule has 0 saturated carbocycles. The van der Waals surface area contributed by atoms with Crippen molar-refractivity contribution in [1.29, 1.82) is 0 Å². The van der Waals surface area contributed by atoms with Crippen LogP contribution in [0.4, 0.5) is 24.7 Å². The van der Waals surface area contributed by atoms with Crippen molar-refractivity contribution in [2.45, 2.75) is 19.1 Å². The van der Waals surface area contributed by atoms with E-state index in [-0.39, 0.29) is 11.9 Å². The van der Waals surface area contributed by atoms with Crippen LogP contribution in [0.5, 0.6) is 0 Å². The molecule has 1 atom stereocenters. The molecule has 0 bridgehead atoms. The Morgan fingerprint density at radius 1 is 1.11 bits per heavy atom. The zero-order valence-corrected chi connectivity index (χ0v) is 16.0. The Labute approximate surface area is 166 Å². The van der Waals surface area contributed by atoms with Crippen LogP contribution in [-0.4, -0.2) is 48.0 Å². The monoisotopic (exact) mass is 412 g/mol. The third kappa shape index (κ3) is 4.94. The van der Waals surface area contributed by atoms with Gasteiger partial charge in [0.25, 0.3) is 0 Å². The van der Waals surface area contributed by atoms with Gasteiger partial charge in [-0.05, 0) is 43.3 Å². The fourth-order valence-electron chi connectivity index (χ4n) is 3.02. The highest BCUT2D eigenvalue weighted by atomic mass is 35.5. The van der Waals surface area contributed by atoms with Crippen molar-refractivity contribution in [3.63, 3.8) is 0 Å². The molecule has 0 spiro atoms. The van der Waals surface area contributed by atoms with Crippen molar-refractivity contribution < 1.29 is 18.0 Å². The van der Waals surface area contributed by atoms with Crippen LogP contribution in [-0.2, 0) is 11.0 Å². The van der Waals surface area contributed by atoms with E-state index < -0.39 is 11.7 Å². The number of aromatic nitrogens is 1. The maximum absolute atomic E-state index is 12.6. The smallest absolute Gasteiger partial charge is 0.354 e. The van der Waals surface area contributed by atoms with Crippen LogP contribution < -0.4 is 10.2 Å². The molecule has 1 saturated heterocycles. The number of benzene rings is 1. The highest BCUT2D eigenvalue weighted by molar-refractivity contribution is 6.30. The van der Waals surface area contributed by atoms with E-state index >= 15 is 0 Å². The second kappa shape index (κ2) is 8.36. The van der Waals surface area contributed by atoms with E-state index in [1.807, 2.05) is 16.7 Å². The molecule has 2 aromatic rings. The van der Waals surface area contributed by atoms with Gasteiger partial charge < -0.3 is 10.2 Å². The lowest BCUT2D eigenvalue weighted by molar-refractivity contribution is -0.137. The summed E-state index contributed by atoms with van der Waals surface area (Å²) in [7, 11) is 0. The molecule has 5 nitrogen and oxygen atoms in total. The zero-order valence-electron chi connectivity index (χ0n) is 15.2. The minimum Gasteiger partial charge on any atom is -0.354 e. The van der Waals surface area contributed by atoms with Crippen molar-refractivity contribution in [1.82, 2.24) is 9.88 Å². The Kier molecular flexibility index (Phi) is 6.10. The maximum atomic E-state index is 12.6. The molecule has 1 aromatic heterocycles. The fraction of sp³-hybridized carbons (Fsp3) is 0.368. The van der Waals surface area contributed by atoms with E-state index in [1.165, 1.54) is 6.07 Å². The van der Waals surface area contributed by atoms with Gasteiger partial charge in [0.2, 0.25) is 5.91 Å². The number of nitrogens with one attached hydrogen (secondary N) is 1. The van der Waals surface area contributed by atoms with E-state index in [0.717, 1.165) is 12.3 Å². The third-order valence-electron chi connectivity index (χ3n) is 4.75. The number of hydrogen-bond donors (Lipinski definition) is 1. The standard InChI is InChI=1S/C19H20ClF3N4O/c1-13(18(28)25-16-5-3-15(20)4-6-16)26-8-10-27(11-9-26)17-7-2-14(12-24-17)19(21,22)23/h2-7,12-13H,8-11H2,1H3,(H,25,28)/t13-/m0/s1. The summed E-state index contributed by atoms with van der Waals surface area (Å²) in [6.07, 6.45) is -3.54. The van der Waals surface area contributed by atoms with Gasteiger partial charge in [-0.1, -0.05) is 11.6 Å². The molecule has 9 heteroatoms. The highest BCUT2D eigenvalue weighted by Crippen LogP contribution is 2.29. The third-order valence-corrected chi connectivity index (χ3v) is 5.00. The van der Waals surface area contributed by atoms with Crippen molar-refractivity contribution in [3.05, 3.63) is 53.2 Å². The summed E-state index contributed by atoms with van der Waals surface area (Å²) in [4.78, 5) is 20.3.